The molecule has 90 valence electrons. The lowest BCUT2D eigenvalue weighted by Gasteiger charge is -2.24. The van der Waals surface area contributed by atoms with Gasteiger partial charge in [-0.05, 0) is 44.7 Å². The third kappa shape index (κ3) is 3.62. The molecule has 1 rings (SSSR count). The van der Waals surface area contributed by atoms with Crippen LogP contribution in [0.2, 0.25) is 0 Å². The van der Waals surface area contributed by atoms with Crippen LogP contribution in [0.5, 0.6) is 0 Å². The monoisotopic (exact) mass is 222 g/mol. The SMILES string of the molecule is COC(C)(C)CCC(O)c1ccccc1C. The number of aryl methyl sites for hydroxylation is 1. The van der Waals surface area contributed by atoms with Crippen molar-refractivity contribution in [3.05, 3.63) is 35.4 Å². The predicted molar refractivity (Wildman–Crippen MR) is 66.5 cm³/mol. The fourth-order valence-corrected chi connectivity index (χ4v) is 1.70. The Bertz CT molecular complexity index is 331. The van der Waals surface area contributed by atoms with Gasteiger partial charge in [0.1, 0.15) is 0 Å². The molecule has 0 saturated heterocycles. The van der Waals surface area contributed by atoms with Crippen LogP contribution >= 0.6 is 0 Å². The number of rotatable bonds is 5. The Kier molecular flexibility index (Phi) is 4.51. The van der Waals surface area contributed by atoms with Gasteiger partial charge in [-0.1, -0.05) is 24.3 Å². The first-order chi connectivity index (χ1) is 7.46. The molecule has 0 aliphatic carbocycles. The molecule has 1 aromatic carbocycles. The first-order valence-corrected chi connectivity index (χ1v) is 5.75. The lowest BCUT2D eigenvalue weighted by molar-refractivity contribution is 0.00273. The zero-order chi connectivity index (χ0) is 12.2. The Balaban J connectivity index is 2.60. The van der Waals surface area contributed by atoms with Crippen LogP contribution in [0.3, 0.4) is 0 Å². The zero-order valence-corrected chi connectivity index (χ0v) is 10.7. The van der Waals surface area contributed by atoms with Crippen molar-refractivity contribution < 1.29 is 9.84 Å². The summed E-state index contributed by atoms with van der Waals surface area (Å²) in [5, 5.41) is 10.1. The summed E-state index contributed by atoms with van der Waals surface area (Å²) in [6.07, 6.45) is 1.18. The highest BCUT2D eigenvalue weighted by Gasteiger charge is 2.19. The maximum Gasteiger partial charge on any atom is 0.0793 e. The van der Waals surface area contributed by atoms with Crippen LogP contribution < -0.4 is 0 Å². The van der Waals surface area contributed by atoms with E-state index in [1.807, 2.05) is 45.0 Å². The maximum atomic E-state index is 10.1. The largest absolute Gasteiger partial charge is 0.388 e. The molecule has 0 bridgehead atoms. The van der Waals surface area contributed by atoms with Crippen molar-refractivity contribution >= 4 is 0 Å². The van der Waals surface area contributed by atoms with E-state index >= 15 is 0 Å². The molecule has 0 heterocycles. The lowest BCUT2D eigenvalue weighted by atomic mass is 9.94. The van der Waals surface area contributed by atoms with Crippen LogP contribution in [-0.2, 0) is 4.74 Å². The van der Waals surface area contributed by atoms with Crippen LogP contribution in [0.1, 0.15) is 43.9 Å². The molecule has 0 amide bonds. The Hall–Kier alpha value is -0.860. The standard InChI is InChI=1S/C14H22O2/c1-11-7-5-6-8-12(11)13(15)9-10-14(2,3)16-4/h5-8,13,15H,9-10H2,1-4H3. The van der Waals surface area contributed by atoms with Crippen molar-refractivity contribution in [1.29, 1.82) is 0 Å². The third-order valence-electron chi connectivity index (χ3n) is 3.12. The second-order valence-electron chi connectivity index (χ2n) is 4.87. The molecule has 2 nitrogen and oxygen atoms in total. The molecule has 1 N–H and O–H groups in total. The van der Waals surface area contributed by atoms with Gasteiger partial charge < -0.3 is 9.84 Å². The van der Waals surface area contributed by atoms with Gasteiger partial charge in [-0.3, -0.25) is 0 Å². The van der Waals surface area contributed by atoms with Crippen molar-refractivity contribution in [2.45, 2.75) is 45.3 Å². The maximum absolute atomic E-state index is 10.1. The topological polar surface area (TPSA) is 29.5 Å². The van der Waals surface area contributed by atoms with E-state index in [2.05, 4.69) is 0 Å². The van der Waals surface area contributed by atoms with Gasteiger partial charge in [0.15, 0.2) is 0 Å². The van der Waals surface area contributed by atoms with Gasteiger partial charge in [0.2, 0.25) is 0 Å². The van der Waals surface area contributed by atoms with E-state index in [0.29, 0.717) is 0 Å². The normalized spacial score (nSPS) is 13.8. The number of ether oxygens (including phenoxy) is 1. The summed E-state index contributed by atoms with van der Waals surface area (Å²) in [4.78, 5) is 0. The molecule has 0 spiro atoms. The van der Waals surface area contributed by atoms with E-state index in [0.717, 1.165) is 24.0 Å². The highest BCUT2D eigenvalue weighted by molar-refractivity contribution is 5.27. The number of benzene rings is 1. The molecule has 0 fully saturated rings. The summed E-state index contributed by atoms with van der Waals surface area (Å²) in [5.74, 6) is 0. The second kappa shape index (κ2) is 5.46. The van der Waals surface area contributed by atoms with Crippen LogP contribution in [-0.4, -0.2) is 17.8 Å². The van der Waals surface area contributed by atoms with Crippen LogP contribution in [0.15, 0.2) is 24.3 Å². The Morgan fingerprint density at radius 3 is 2.50 bits per heavy atom. The average Bonchev–Trinajstić information content (AvgIpc) is 2.27. The molecule has 1 aromatic rings. The van der Waals surface area contributed by atoms with Gasteiger partial charge in [-0.25, -0.2) is 0 Å². The molecular formula is C14H22O2. The number of aliphatic hydroxyl groups is 1. The van der Waals surface area contributed by atoms with E-state index in [-0.39, 0.29) is 5.60 Å². The minimum absolute atomic E-state index is 0.163. The van der Waals surface area contributed by atoms with Crippen molar-refractivity contribution in [2.24, 2.45) is 0 Å². The van der Waals surface area contributed by atoms with Crippen molar-refractivity contribution in [2.75, 3.05) is 7.11 Å². The molecule has 0 aliphatic heterocycles. The lowest BCUT2D eigenvalue weighted by Crippen LogP contribution is -2.23. The first-order valence-electron chi connectivity index (χ1n) is 5.75. The quantitative estimate of drug-likeness (QED) is 0.828. The number of aliphatic hydroxyl groups excluding tert-OH is 1. The molecule has 2 heteroatoms. The Labute approximate surface area is 98.3 Å². The third-order valence-corrected chi connectivity index (χ3v) is 3.12. The van der Waals surface area contributed by atoms with E-state index in [1.165, 1.54) is 0 Å². The zero-order valence-electron chi connectivity index (χ0n) is 10.7. The summed E-state index contributed by atoms with van der Waals surface area (Å²) in [6.45, 7) is 6.11. The van der Waals surface area contributed by atoms with Gasteiger partial charge >= 0.3 is 0 Å². The van der Waals surface area contributed by atoms with Crippen LogP contribution in [0.4, 0.5) is 0 Å². The summed E-state index contributed by atoms with van der Waals surface area (Å²) >= 11 is 0. The van der Waals surface area contributed by atoms with Crippen molar-refractivity contribution in [1.82, 2.24) is 0 Å². The van der Waals surface area contributed by atoms with E-state index in [9.17, 15) is 5.11 Å². The molecule has 0 aliphatic rings. The van der Waals surface area contributed by atoms with Gasteiger partial charge in [0.25, 0.3) is 0 Å². The number of hydrogen-bond donors (Lipinski definition) is 1. The van der Waals surface area contributed by atoms with Gasteiger partial charge in [0, 0.05) is 7.11 Å². The molecule has 0 saturated carbocycles. The molecule has 16 heavy (non-hydrogen) atoms. The number of hydrogen-bond acceptors (Lipinski definition) is 2. The van der Waals surface area contributed by atoms with Gasteiger partial charge in [-0.15, -0.1) is 0 Å². The summed E-state index contributed by atoms with van der Waals surface area (Å²) in [7, 11) is 1.71. The fourth-order valence-electron chi connectivity index (χ4n) is 1.70. The highest BCUT2D eigenvalue weighted by Crippen LogP contribution is 2.25. The van der Waals surface area contributed by atoms with Crippen LogP contribution in [0, 0.1) is 6.92 Å². The summed E-state index contributed by atoms with van der Waals surface area (Å²) < 4.78 is 5.34. The summed E-state index contributed by atoms with van der Waals surface area (Å²) in [5.41, 5.74) is 2.00. The van der Waals surface area contributed by atoms with Gasteiger partial charge in [-0.2, -0.15) is 0 Å². The number of methoxy groups -OCH3 is 1. The molecule has 0 radical (unpaired) electrons. The average molecular weight is 222 g/mol. The molecule has 1 unspecified atom stereocenters. The highest BCUT2D eigenvalue weighted by atomic mass is 16.5. The van der Waals surface area contributed by atoms with E-state index < -0.39 is 6.10 Å². The van der Waals surface area contributed by atoms with Crippen molar-refractivity contribution in [3.8, 4) is 0 Å². The smallest absolute Gasteiger partial charge is 0.0793 e. The second-order valence-corrected chi connectivity index (χ2v) is 4.87. The first kappa shape index (κ1) is 13.2. The summed E-state index contributed by atoms with van der Waals surface area (Å²) in [6, 6.07) is 7.97. The Morgan fingerprint density at radius 2 is 1.94 bits per heavy atom. The molecule has 0 aromatic heterocycles. The van der Waals surface area contributed by atoms with Crippen molar-refractivity contribution in [3.63, 3.8) is 0 Å². The Morgan fingerprint density at radius 1 is 1.31 bits per heavy atom. The van der Waals surface area contributed by atoms with Crippen LogP contribution in [0.25, 0.3) is 0 Å². The van der Waals surface area contributed by atoms with E-state index in [4.69, 9.17) is 4.74 Å². The fraction of sp³-hybridized carbons (Fsp3) is 0.571. The van der Waals surface area contributed by atoms with E-state index in [1.54, 1.807) is 7.11 Å². The van der Waals surface area contributed by atoms with Gasteiger partial charge in [0.05, 0.1) is 11.7 Å². The minimum atomic E-state index is -0.393. The predicted octanol–water partition coefficient (Wildman–Crippen LogP) is 3.23. The molecular weight excluding hydrogens is 200 g/mol. The molecule has 1 atom stereocenters. The minimum Gasteiger partial charge on any atom is -0.388 e.